The summed E-state index contributed by atoms with van der Waals surface area (Å²) in [6, 6.07) is 11.0. The highest BCUT2D eigenvalue weighted by molar-refractivity contribution is 7.13. The van der Waals surface area contributed by atoms with Crippen LogP contribution >= 0.6 is 11.3 Å². The van der Waals surface area contributed by atoms with Crippen LogP contribution in [0.1, 0.15) is 19.3 Å². The Hall–Kier alpha value is -4.44. The molecule has 0 spiro atoms. The first-order chi connectivity index (χ1) is 18.1. The molecular formula is C27H20FN7OS. The average Bonchev–Trinajstić information content (AvgIpc) is 3.60. The minimum absolute atomic E-state index is 0.0499. The van der Waals surface area contributed by atoms with Crippen molar-refractivity contribution in [1.29, 1.82) is 0 Å². The molecule has 10 heteroatoms. The number of pyridine rings is 3. The van der Waals surface area contributed by atoms with Crippen molar-refractivity contribution in [2.45, 2.75) is 19.3 Å². The van der Waals surface area contributed by atoms with Crippen LogP contribution in [0, 0.1) is 11.0 Å². The Bertz CT molecular complexity index is 1800. The molecule has 1 saturated carbocycles. The molecule has 8 nitrogen and oxygen atoms in total. The Balaban J connectivity index is 1.26. The number of hydrogen-bond acceptors (Lipinski definition) is 6. The maximum absolute atomic E-state index is 13.7. The van der Waals surface area contributed by atoms with E-state index in [1.165, 1.54) is 6.07 Å². The van der Waals surface area contributed by atoms with Gasteiger partial charge < -0.3 is 10.3 Å². The van der Waals surface area contributed by atoms with Crippen LogP contribution in [0.25, 0.3) is 55.0 Å². The van der Waals surface area contributed by atoms with Crippen LogP contribution in [-0.2, 0) is 4.79 Å². The fraction of sp³-hybridized carbons (Fsp3) is 0.148. The summed E-state index contributed by atoms with van der Waals surface area (Å²) in [5.41, 5.74) is 6.14. The van der Waals surface area contributed by atoms with Gasteiger partial charge in [0.1, 0.15) is 5.69 Å². The lowest BCUT2D eigenvalue weighted by Gasteiger charge is -2.24. The molecule has 6 aromatic rings. The minimum atomic E-state index is -0.248. The Kier molecular flexibility index (Phi) is 5.07. The van der Waals surface area contributed by atoms with Gasteiger partial charge in [-0.1, -0.05) is 6.42 Å². The third-order valence-electron chi connectivity index (χ3n) is 6.84. The third-order valence-corrected chi connectivity index (χ3v) is 7.72. The van der Waals surface area contributed by atoms with Gasteiger partial charge in [0, 0.05) is 51.9 Å². The molecule has 0 aliphatic heterocycles. The number of rotatable bonds is 5. The van der Waals surface area contributed by atoms with Crippen molar-refractivity contribution in [2.75, 3.05) is 5.32 Å². The Labute approximate surface area is 214 Å². The number of amides is 1. The number of hydrogen-bond donors (Lipinski definition) is 3. The van der Waals surface area contributed by atoms with E-state index in [-0.39, 0.29) is 17.0 Å². The van der Waals surface area contributed by atoms with Crippen molar-refractivity contribution in [1.82, 2.24) is 30.1 Å². The first-order valence-electron chi connectivity index (χ1n) is 12.0. The van der Waals surface area contributed by atoms with Gasteiger partial charge in [-0.2, -0.15) is 9.49 Å². The summed E-state index contributed by atoms with van der Waals surface area (Å²) < 4.78 is 13.7. The van der Waals surface area contributed by atoms with E-state index in [0.29, 0.717) is 17.0 Å². The number of aromatic amines is 2. The van der Waals surface area contributed by atoms with E-state index in [9.17, 15) is 9.18 Å². The van der Waals surface area contributed by atoms with Gasteiger partial charge in [0.15, 0.2) is 10.8 Å². The van der Waals surface area contributed by atoms with Crippen LogP contribution in [-0.4, -0.2) is 36.0 Å². The zero-order valence-electron chi connectivity index (χ0n) is 19.5. The third kappa shape index (κ3) is 3.86. The number of carbonyl (C=O) groups excluding carboxylic acids is 1. The number of aromatic nitrogens is 6. The summed E-state index contributed by atoms with van der Waals surface area (Å²) in [7, 11) is 0. The zero-order valence-corrected chi connectivity index (χ0v) is 20.3. The Morgan fingerprint density at radius 2 is 1.89 bits per heavy atom. The minimum Gasteiger partial charge on any atom is -0.353 e. The van der Waals surface area contributed by atoms with Gasteiger partial charge >= 0.3 is 0 Å². The van der Waals surface area contributed by atoms with E-state index in [1.807, 2.05) is 24.3 Å². The van der Waals surface area contributed by atoms with Crippen molar-refractivity contribution in [3.8, 4) is 33.1 Å². The van der Waals surface area contributed by atoms with Gasteiger partial charge in [-0.3, -0.25) is 19.9 Å². The molecule has 7 rings (SSSR count). The largest absolute Gasteiger partial charge is 0.353 e. The number of H-pyrrole nitrogens is 2. The highest BCUT2D eigenvalue weighted by Crippen LogP contribution is 2.36. The molecule has 0 atom stereocenters. The molecule has 1 fully saturated rings. The summed E-state index contributed by atoms with van der Waals surface area (Å²) in [5.74, 6) is 0.148. The molecule has 1 amide bonds. The fourth-order valence-electron chi connectivity index (χ4n) is 4.67. The first kappa shape index (κ1) is 21.8. The number of carbonyl (C=O) groups is 1. The molecule has 1 aliphatic rings. The average molecular weight is 510 g/mol. The molecule has 182 valence electrons. The van der Waals surface area contributed by atoms with Crippen molar-refractivity contribution >= 4 is 44.9 Å². The summed E-state index contributed by atoms with van der Waals surface area (Å²) in [4.78, 5) is 30.0. The molecular weight excluding hydrogens is 489 g/mol. The normalized spacial score (nSPS) is 13.8. The van der Waals surface area contributed by atoms with Crippen molar-refractivity contribution in [3.63, 3.8) is 0 Å². The molecule has 3 N–H and O–H groups in total. The van der Waals surface area contributed by atoms with E-state index < -0.39 is 0 Å². The summed E-state index contributed by atoms with van der Waals surface area (Å²) >= 11 is 1.07. The van der Waals surface area contributed by atoms with Gasteiger partial charge in [0.05, 0.1) is 28.1 Å². The van der Waals surface area contributed by atoms with E-state index in [1.54, 1.807) is 30.9 Å². The second-order valence-electron chi connectivity index (χ2n) is 9.18. The SMILES string of the molecule is O=C(Nc1cncc(-c2cnc3[nH]nc(-c4cc5c(-c6ccc(F)s6)nccc5[nH]4)c3c2)c1)C1CCC1. The molecule has 1 aliphatic carbocycles. The standard InChI is InChI=1S/C27H20FN7OS/c28-23-5-4-22(37-23)25-18-10-21(33-20(18)6-7-30-25)24-19-9-16(12-31-26(19)35-34-24)15-8-17(13-29-11-15)32-27(36)14-2-1-3-14/h4-14,33H,1-3H2,(H,32,36)(H,31,34,35). The molecule has 0 radical (unpaired) electrons. The number of fused-ring (bicyclic) bond motifs is 2. The van der Waals surface area contributed by atoms with E-state index in [0.717, 1.165) is 74.3 Å². The van der Waals surface area contributed by atoms with Crippen LogP contribution in [0.15, 0.2) is 61.2 Å². The van der Waals surface area contributed by atoms with Crippen molar-refractivity contribution < 1.29 is 9.18 Å². The predicted molar refractivity (Wildman–Crippen MR) is 141 cm³/mol. The van der Waals surface area contributed by atoms with Crippen LogP contribution in [0.2, 0.25) is 0 Å². The van der Waals surface area contributed by atoms with Crippen LogP contribution < -0.4 is 5.32 Å². The summed E-state index contributed by atoms with van der Waals surface area (Å²) in [5, 5.41) is 12.0. The number of anilines is 1. The van der Waals surface area contributed by atoms with Crippen molar-refractivity contribution in [3.05, 3.63) is 66.3 Å². The Morgan fingerprint density at radius 1 is 1.00 bits per heavy atom. The van der Waals surface area contributed by atoms with Gasteiger partial charge in [-0.05, 0) is 49.2 Å². The number of nitrogens with zero attached hydrogens (tertiary/aromatic N) is 4. The number of nitrogens with one attached hydrogen (secondary N) is 3. The van der Waals surface area contributed by atoms with Crippen LogP contribution in [0.3, 0.4) is 0 Å². The Morgan fingerprint density at radius 3 is 2.70 bits per heavy atom. The molecule has 37 heavy (non-hydrogen) atoms. The maximum Gasteiger partial charge on any atom is 0.227 e. The molecule has 6 heterocycles. The quantitative estimate of drug-likeness (QED) is 0.257. The highest BCUT2D eigenvalue weighted by Gasteiger charge is 2.25. The van der Waals surface area contributed by atoms with E-state index in [4.69, 9.17) is 0 Å². The lowest BCUT2D eigenvalue weighted by Crippen LogP contribution is -2.28. The van der Waals surface area contributed by atoms with Crippen LogP contribution in [0.5, 0.6) is 0 Å². The van der Waals surface area contributed by atoms with E-state index in [2.05, 4.69) is 35.5 Å². The van der Waals surface area contributed by atoms with Crippen LogP contribution in [0.4, 0.5) is 10.1 Å². The topological polar surface area (TPSA) is 112 Å². The molecule has 0 unspecified atom stereocenters. The second kappa shape index (κ2) is 8.59. The summed E-state index contributed by atoms with van der Waals surface area (Å²) in [6.07, 6.45) is 9.87. The smallest absolute Gasteiger partial charge is 0.227 e. The maximum atomic E-state index is 13.7. The molecule has 0 aromatic carbocycles. The van der Waals surface area contributed by atoms with Gasteiger partial charge in [0.2, 0.25) is 5.91 Å². The van der Waals surface area contributed by atoms with E-state index >= 15 is 0 Å². The molecule has 0 bridgehead atoms. The first-order valence-corrected chi connectivity index (χ1v) is 12.8. The van der Waals surface area contributed by atoms with Gasteiger partial charge in [-0.15, -0.1) is 11.3 Å². The highest BCUT2D eigenvalue weighted by atomic mass is 32.1. The lowest BCUT2D eigenvalue weighted by molar-refractivity contribution is -0.122. The predicted octanol–water partition coefficient (Wildman–Crippen LogP) is 6.17. The number of thiophene rings is 1. The zero-order chi connectivity index (χ0) is 24.9. The lowest BCUT2D eigenvalue weighted by atomic mass is 9.85. The van der Waals surface area contributed by atoms with Gasteiger partial charge in [-0.25, -0.2) is 4.98 Å². The second-order valence-corrected chi connectivity index (χ2v) is 10.2. The van der Waals surface area contributed by atoms with Crippen molar-refractivity contribution in [2.24, 2.45) is 5.92 Å². The fourth-order valence-corrected chi connectivity index (χ4v) is 5.41. The van der Waals surface area contributed by atoms with Gasteiger partial charge in [0.25, 0.3) is 0 Å². The number of halogens is 1. The molecule has 0 saturated heterocycles. The molecule has 6 aromatic heterocycles. The monoisotopic (exact) mass is 509 g/mol. The summed E-state index contributed by atoms with van der Waals surface area (Å²) in [6.45, 7) is 0.